The van der Waals surface area contributed by atoms with Crippen LogP contribution in [-0.2, 0) is 15.4 Å². The van der Waals surface area contributed by atoms with Crippen LogP contribution in [0.4, 0.5) is 16.4 Å². The van der Waals surface area contributed by atoms with Crippen molar-refractivity contribution in [1.82, 2.24) is 19.6 Å². The van der Waals surface area contributed by atoms with Gasteiger partial charge >= 0.3 is 6.03 Å². The van der Waals surface area contributed by atoms with Crippen LogP contribution in [0.2, 0.25) is 0 Å². The molecule has 1 aliphatic rings. The molecule has 0 saturated carbocycles. The molecule has 1 saturated heterocycles. The summed E-state index contributed by atoms with van der Waals surface area (Å²) in [6.45, 7) is 8.20. The number of carbonyl (C=O) groups is 1. The lowest BCUT2D eigenvalue weighted by Gasteiger charge is -2.33. The highest BCUT2D eigenvalue weighted by molar-refractivity contribution is 7.89. The highest BCUT2D eigenvalue weighted by atomic mass is 32.2. The summed E-state index contributed by atoms with van der Waals surface area (Å²) in [5.41, 5.74) is 1.87. The largest absolute Gasteiger partial charge is 0.338 e. The molecule has 0 aliphatic carbocycles. The van der Waals surface area contributed by atoms with Gasteiger partial charge in [-0.3, -0.25) is 0 Å². The first-order valence-electron chi connectivity index (χ1n) is 10.3. The highest BCUT2D eigenvalue weighted by Crippen LogP contribution is 2.23. The third-order valence-corrected chi connectivity index (χ3v) is 6.99. The van der Waals surface area contributed by atoms with Crippen molar-refractivity contribution < 1.29 is 13.2 Å². The van der Waals surface area contributed by atoms with Gasteiger partial charge in [-0.15, -0.1) is 0 Å². The standard InChI is InChI=1S/C21H30N6O3S/c1-21(2,3)17-5-7-18(8-6-17)25-20(28)24-11-16-31(29,30)27-14-12-26(13-15-27)19-22-9-4-10-23-19/h4-10H,11-16H2,1-3H3,(H2,24,25,28). The molecule has 0 radical (unpaired) electrons. The van der Waals surface area contributed by atoms with E-state index in [0.717, 1.165) is 0 Å². The Morgan fingerprint density at radius 1 is 1.03 bits per heavy atom. The van der Waals surface area contributed by atoms with Crippen LogP contribution in [0.15, 0.2) is 42.7 Å². The number of sulfonamides is 1. The lowest BCUT2D eigenvalue weighted by Crippen LogP contribution is -2.50. The van der Waals surface area contributed by atoms with E-state index in [1.54, 1.807) is 18.5 Å². The number of aromatic nitrogens is 2. The number of nitrogens with zero attached hydrogens (tertiary/aromatic N) is 4. The summed E-state index contributed by atoms with van der Waals surface area (Å²) < 4.78 is 26.7. The quantitative estimate of drug-likeness (QED) is 0.703. The predicted octanol–water partition coefficient (Wildman–Crippen LogP) is 2.05. The van der Waals surface area contributed by atoms with Gasteiger partial charge in [-0.2, -0.15) is 4.31 Å². The molecule has 2 N–H and O–H groups in total. The zero-order valence-electron chi connectivity index (χ0n) is 18.2. The molecule has 3 rings (SSSR count). The minimum absolute atomic E-state index is 0.0365. The molecule has 2 amide bonds. The Labute approximate surface area is 183 Å². The summed E-state index contributed by atoms with van der Waals surface area (Å²) in [7, 11) is -3.46. The molecule has 1 fully saturated rings. The molecule has 1 aromatic heterocycles. The fourth-order valence-electron chi connectivity index (χ4n) is 3.27. The van der Waals surface area contributed by atoms with Crippen LogP contribution in [0, 0.1) is 0 Å². The first-order valence-corrected chi connectivity index (χ1v) is 11.9. The van der Waals surface area contributed by atoms with E-state index in [-0.39, 0.29) is 17.7 Å². The predicted molar refractivity (Wildman–Crippen MR) is 122 cm³/mol. The molecular weight excluding hydrogens is 416 g/mol. The van der Waals surface area contributed by atoms with Crippen molar-refractivity contribution in [1.29, 1.82) is 0 Å². The highest BCUT2D eigenvalue weighted by Gasteiger charge is 2.27. The van der Waals surface area contributed by atoms with Crippen molar-refractivity contribution in [3.8, 4) is 0 Å². The number of benzene rings is 1. The fourth-order valence-corrected chi connectivity index (χ4v) is 4.61. The Balaban J connectivity index is 1.43. The second kappa shape index (κ2) is 9.61. The van der Waals surface area contributed by atoms with Crippen molar-refractivity contribution in [3.63, 3.8) is 0 Å². The summed E-state index contributed by atoms with van der Waals surface area (Å²) in [4.78, 5) is 22.5. The van der Waals surface area contributed by atoms with Gasteiger partial charge in [0.2, 0.25) is 16.0 Å². The molecule has 0 spiro atoms. The maximum atomic E-state index is 12.6. The molecule has 10 heteroatoms. The summed E-state index contributed by atoms with van der Waals surface area (Å²) >= 11 is 0. The minimum Gasteiger partial charge on any atom is -0.338 e. The number of carbonyl (C=O) groups excluding carboxylic acids is 1. The smallest absolute Gasteiger partial charge is 0.319 e. The molecule has 0 unspecified atom stereocenters. The van der Waals surface area contributed by atoms with Crippen molar-refractivity contribution in [2.24, 2.45) is 0 Å². The van der Waals surface area contributed by atoms with Gasteiger partial charge in [0.1, 0.15) is 0 Å². The van der Waals surface area contributed by atoms with E-state index in [1.165, 1.54) is 9.87 Å². The van der Waals surface area contributed by atoms with Crippen LogP contribution in [0.3, 0.4) is 0 Å². The third-order valence-electron chi connectivity index (χ3n) is 5.12. The molecule has 9 nitrogen and oxygen atoms in total. The monoisotopic (exact) mass is 446 g/mol. The molecule has 2 aromatic rings. The zero-order chi connectivity index (χ0) is 22.5. The average molecular weight is 447 g/mol. The van der Waals surface area contributed by atoms with Crippen molar-refractivity contribution >= 4 is 27.7 Å². The van der Waals surface area contributed by atoms with Crippen LogP contribution in [0.1, 0.15) is 26.3 Å². The van der Waals surface area contributed by atoms with Gasteiger partial charge in [0, 0.05) is 50.8 Å². The van der Waals surface area contributed by atoms with Gasteiger partial charge in [-0.05, 0) is 29.2 Å². The fraction of sp³-hybridized carbons (Fsp3) is 0.476. The molecule has 0 atom stereocenters. The van der Waals surface area contributed by atoms with E-state index >= 15 is 0 Å². The van der Waals surface area contributed by atoms with Crippen molar-refractivity contribution in [2.75, 3.05) is 48.7 Å². The lowest BCUT2D eigenvalue weighted by atomic mass is 9.87. The molecule has 168 valence electrons. The summed E-state index contributed by atoms with van der Waals surface area (Å²) in [5.74, 6) is 0.457. The lowest BCUT2D eigenvalue weighted by molar-refractivity contribution is 0.252. The van der Waals surface area contributed by atoms with Crippen LogP contribution in [-0.4, -0.2) is 67.2 Å². The number of piperazine rings is 1. The van der Waals surface area contributed by atoms with Crippen LogP contribution < -0.4 is 15.5 Å². The number of nitrogens with one attached hydrogen (secondary N) is 2. The third kappa shape index (κ3) is 6.38. The van der Waals surface area contributed by atoms with E-state index in [1.807, 2.05) is 29.2 Å². The first-order chi connectivity index (χ1) is 14.6. The Bertz CT molecular complexity index is 966. The molecule has 2 heterocycles. The van der Waals surface area contributed by atoms with E-state index in [2.05, 4.69) is 41.4 Å². The Hall–Kier alpha value is -2.72. The molecule has 1 aliphatic heterocycles. The van der Waals surface area contributed by atoms with E-state index in [4.69, 9.17) is 0 Å². The molecule has 31 heavy (non-hydrogen) atoms. The maximum absolute atomic E-state index is 12.6. The number of urea groups is 1. The number of anilines is 2. The molecular formula is C21H30N6O3S. The number of hydrogen-bond donors (Lipinski definition) is 2. The SMILES string of the molecule is CC(C)(C)c1ccc(NC(=O)NCCS(=O)(=O)N2CCN(c3ncccn3)CC2)cc1. The second-order valence-electron chi connectivity index (χ2n) is 8.46. The van der Waals surface area contributed by atoms with E-state index in [0.29, 0.717) is 37.8 Å². The summed E-state index contributed by atoms with van der Waals surface area (Å²) in [6.07, 6.45) is 3.34. The summed E-state index contributed by atoms with van der Waals surface area (Å²) in [6, 6.07) is 8.94. The van der Waals surface area contributed by atoms with Gasteiger partial charge < -0.3 is 15.5 Å². The van der Waals surface area contributed by atoms with Gasteiger partial charge in [-0.1, -0.05) is 32.9 Å². The van der Waals surface area contributed by atoms with Gasteiger partial charge in [0.05, 0.1) is 5.75 Å². The Morgan fingerprint density at radius 3 is 2.23 bits per heavy atom. The maximum Gasteiger partial charge on any atom is 0.319 e. The first kappa shape index (κ1) is 23.0. The number of rotatable bonds is 6. The zero-order valence-corrected chi connectivity index (χ0v) is 19.0. The normalized spacial score (nSPS) is 15.5. The van der Waals surface area contributed by atoms with Crippen molar-refractivity contribution in [2.45, 2.75) is 26.2 Å². The van der Waals surface area contributed by atoms with Crippen LogP contribution in [0.25, 0.3) is 0 Å². The Morgan fingerprint density at radius 2 is 1.65 bits per heavy atom. The number of amides is 2. The molecule has 1 aromatic carbocycles. The van der Waals surface area contributed by atoms with Crippen LogP contribution in [0.5, 0.6) is 0 Å². The van der Waals surface area contributed by atoms with Crippen molar-refractivity contribution in [3.05, 3.63) is 48.3 Å². The topological polar surface area (TPSA) is 108 Å². The number of hydrogen-bond acceptors (Lipinski definition) is 6. The Kier molecular flexibility index (Phi) is 7.11. The van der Waals surface area contributed by atoms with E-state index < -0.39 is 16.1 Å². The van der Waals surface area contributed by atoms with E-state index in [9.17, 15) is 13.2 Å². The average Bonchev–Trinajstić information content (AvgIpc) is 2.74. The summed E-state index contributed by atoms with van der Waals surface area (Å²) in [5, 5.41) is 5.35. The van der Waals surface area contributed by atoms with Gasteiger partial charge in [-0.25, -0.2) is 23.2 Å². The molecule has 0 bridgehead atoms. The minimum atomic E-state index is -3.46. The van der Waals surface area contributed by atoms with Gasteiger partial charge in [0.25, 0.3) is 0 Å². The van der Waals surface area contributed by atoms with Gasteiger partial charge in [0.15, 0.2) is 0 Å². The second-order valence-corrected chi connectivity index (χ2v) is 10.5. The van der Waals surface area contributed by atoms with Crippen LogP contribution >= 0.6 is 0 Å².